The molecule has 1 aromatic carbocycles. The van der Waals surface area contributed by atoms with Crippen molar-refractivity contribution in [3.05, 3.63) is 41.0 Å². The number of rotatable bonds is 8. The van der Waals surface area contributed by atoms with E-state index in [1.54, 1.807) is 37.6 Å². The van der Waals surface area contributed by atoms with Crippen molar-refractivity contribution in [2.24, 2.45) is 5.41 Å². The molecular weight excluding hydrogens is 510 g/mol. The number of carbonyl (C=O) groups is 4. The molecule has 12 heteroatoms. The molecule has 0 bridgehead atoms. The summed E-state index contributed by atoms with van der Waals surface area (Å²) in [7, 11) is 0. The van der Waals surface area contributed by atoms with Crippen molar-refractivity contribution in [1.29, 1.82) is 0 Å². The van der Waals surface area contributed by atoms with Crippen molar-refractivity contribution in [2.75, 3.05) is 6.54 Å². The molecule has 1 saturated heterocycles. The van der Waals surface area contributed by atoms with Gasteiger partial charge in [0.05, 0.1) is 22.2 Å². The summed E-state index contributed by atoms with van der Waals surface area (Å²) < 4.78 is 0. The molecule has 4 atom stereocenters. The molecule has 11 nitrogen and oxygen atoms in total. The number of hydrogen-bond donors (Lipinski definition) is 5. The van der Waals surface area contributed by atoms with E-state index >= 15 is 0 Å². The number of carboxylic acid groups (broad SMARTS) is 1. The van der Waals surface area contributed by atoms with Gasteiger partial charge >= 0.3 is 6.09 Å². The molecule has 2 heterocycles. The highest BCUT2D eigenvalue weighted by atomic mass is 32.1. The lowest BCUT2D eigenvalue weighted by molar-refractivity contribution is -0.144. The van der Waals surface area contributed by atoms with Gasteiger partial charge in [-0.3, -0.25) is 14.4 Å². The molecule has 0 saturated carbocycles. The third-order valence-corrected chi connectivity index (χ3v) is 7.40. The molecule has 3 rings (SSSR count). The number of aromatic nitrogens is 1. The van der Waals surface area contributed by atoms with Gasteiger partial charge in [0.1, 0.15) is 18.1 Å². The molecule has 206 valence electrons. The Morgan fingerprint density at radius 3 is 2.37 bits per heavy atom. The summed E-state index contributed by atoms with van der Waals surface area (Å²) in [6.45, 7) is 8.78. The van der Waals surface area contributed by atoms with Crippen molar-refractivity contribution < 1.29 is 29.4 Å². The van der Waals surface area contributed by atoms with E-state index < -0.39 is 53.5 Å². The summed E-state index contributed by atoms with van der Waals surface area (Å²) in [4.78, 5) is 56.8. The van der Waals surface area contributed by atoms with Gasteiger partial charge in [0.2, 0.25) is 17.7 Å². The number of nitrogens with zero attached hydrogens (tertiary/aromatic N) is 2. The van der Waals surface area contributed by atoms with Crippen LogP contribution in [0.15, 0.2) is 29.8 Å². The smallest absolute Gasteiger partial charge is 0.405 e. The molecule has 4 amide bonds. The Hall–Kier alpha value is -3.51. The van der Waals surface area contributed by atoms with Gasteiger partial charge < -0.3 is 31.1 Å². The topological polar surface area (TPSA) is 161 Å². The first-order valence-corrected chi connectivity index (χ1v) is 13.2. The number of benzene rings is 1. The van der Waals surface area contributed by atoms with Gasteiger partial charge in [-0.05, 0) is 30.4 Å². The fraction of sp³-hybridized carbons (Fsp3) is 0.500. The van der Waals surface area contributed by atoms with E-state index in [-0.39, 0.29) is 19.5 Å². The standard InChI is InChI=1S/C26H35N5O6S/c1-14-20(38-13-28-14)17-8-6-16(7-9-17)11-27-23(34)19-10-18(32)12-31(19)24(35)21(26(3,4)5)30-22(33)15(2)29-25(36)37/h6-9,13,15,18-19,21,29,32H,10-12H2,1-5H3,(H,27,34)(H,30,33)(H,36,37)/t15-,18+,19-,21+/m0/s1. The van der Waals surface area contributed by atoms with Crippen LogP contribution in [0.5, 0.6) is 0 Å². The van der Waals surface area contributed by atoms with Crippen LogP contribution >= 0.6 is 11.3 Å². The lowest BCUT2D eigenvalue weighted by Gasteiger charge is -2.35. The Labute approximate surface area is 225 Å². The summed E-state index contributed by atoms with van der Waals surface area (Å²) in [6, 6.07) is 4.73. The maximum atomic E-state index is 13.6. The number of nitrogens with one attached hydrogen (secondary N) is 3. The van der Waals surface area contributed by atoms with Crippen LogP contribution in [0.25, 0.3) is 10.4 Å². The van der Waals surface area contributed by atoms with Gasteiger partial charge in [0.25, 0.3) is 0 Å². The zero-order valence-corrected chi connectivity index (χ0v) is 23.0. The Bertz CT molecular complexity index is 1180. The lowest BCUT2D eigenvalue weighted by atomic mass is 9.85. The minimum atomic E-state index is -1.36. The Kier molecular flexibility index (Phi) is 9.10. The average Bonchev–Trinajstić information content (AvgIpc) is 3.45. The maximum Gasteiger partial charge on any atom is 0.405 e. The van der Waals surface area contributed by atoms with E-state index in [4.69, 9.17) is 5.11 Å². The quantitative estimate of drug-likeness (QED) is 0.338. The summed E-state index contributed by atoms with van der Waals surface area (Å²) in [5.74, 6) is -1.59. The van der Waals surface area contributed by atoms with Gasteiger partial charge in [-0.1, -0.05) is 45.0 Å². The highest BCUT2D eigenvalue weighted by Crippen LogP contribution is 2.28. The number of thiazole rings is 1. The van der Waals surface area contributed by atoms with E-state index in [2.05, 4.69) is 20.9 Å². The van der Waals surface area contributed by atoms with E-state index in [1.807, 2.05) is 31.2 Å². The summed E-state index contributed by atoms with van der Waals surface area (Å²) in [5.41, 5.74) is 3.92. The average molecular weight is 546 g/mol. The van der Waals surface area contributed by atoms with Crippen molar-refractivity contribution in [1.82, 2.24) is 25.8 Å². The maximum absolute atomic E-state index is 13.6. The molecule has 38 heavy (non-hydrogen) atoms. The molecule has 0 unspecified atom stereocenters. The van der Waals surface area contributed by atoms with E-state index in [1.165, 1.54) is 11.8 Å². The normalized spacial score (nSPS) is 18.9. The van der Waals surface area contributed by atoms with E-state index in [0.717, 1.165) is 21.7 Å². The fourth-order valence-corrected chi connectivity index (χ4v) is 5.11. The molecular formula is C26H35N5O6S. The molecule has 1 fully saturated rings. The van der Waals surface area contributed by atoms with Gasteiger partial charge in [0.15, 0.2) is 0 Å². The third-order valence-electron chi connectivity index (χ3n) is 6.43. The zero-order chi connectivity index (χ0) is 28.2. The van der Waals surface area contributed by atoms with Gasteiger partial charge in [-0.15, -0.1) is 11.3 Å². The number of likely N-dealkylation sites (tertiary alicyclic amines) is 1. The number of β-amino-alcohol motifs (C(OH)–C–C–N with tert-alkyl or cyclic N) is 1. The van der Waals surface area contributed by atoms with Crippen LogP contribution in [-0.2, 0) is 20.9 Å². The first-order valence-electron chi connectivity index (χ1n) is 12.3. The first-order chi connectivity index (χ1) is 17.8. The zero-order valence-electron chi connectivity index (χ0n) is 22.1. The molecule has 0 radical (unpaired) electrons. The van der Waals surface area contributed by atoms with Crippen molar-refractivity contribution >= 4 is 35.2 Å². The Morgan fingerprint density at radius 1 is 1.16 bits per heavy atom. The molecule has 1 aromatic heterocycles. The molecule has 5 N–H and O–H groups in total. The SMILES string of the molecule is Cc1ncsc1-c1ccc(CNC(=O)[C@@H]2C[C@@H](O)CN2C(=O)[C@@H](NC(=O)[C@H](C)NC(=O)O)C(C)(C)C)cc1. The largest absolute Gasteiger partial charge is 0.465 e. The number of hydrogen-bond acceptors (Lipinski definition) is 7. The number of aliphatic hydroxyl groups is 1. The van der Waals surface area contributed by atoms with Crippen molar-refractivity contribution in [2.45, 2.75) is 71.8 Å². The number of aryl methyl sites for hydroxylation is 1. The molecule has 1 aliphatic rings. The number of carbonyl (C=O) groups excluding carboxylic acids is 3. The van der Waals surface area contributed by atoms with E-state index in [0.29, 0.717) is 0 Å². The van der Waals surface area contributed by atoms with Crippen molar-refractivity contribution in [3.63, 3.8) is 0 Å². The van der Waals surface area contributed by atoms with Crippen LogP contribution in [0, 0.1) is 12.3 Å². The second kappa shape index (κ2) is 11.9. The molecule has 1 aliphatic heterocycles. The van der Waals surface area contributed by atoms with Crippen LogP contribution in [0.2, 0.25) is 0 Å². The molecule has 0 spiro atoms. The first kappa shape index (κ1) is 29.1. The lowest BCUT2D eigenvalue weighted by Crippen LogP contribution is -2.60. The van der Waals surface area contributed by atoms with Crippen LogP contribution in [-0.4, -0.2) is 74.7 Å². The van der Waals surface area contributed by atoms with E-state index in [9.17, 15) is 24.3 Å². The fourth-order valence-electron chi connectivity index (χ4n) is 4.30. The van der Waals surface area contributed by atoms with Gasteiger partial charge in [0, 0.05) is 19.5 Å². The van der Waals surface area contributed by atoms with Crippen LogP contribution in [0.4, 0.5) is 4.79 Å². The van der Waals surface area contributed by atoms with Crippen molar-refractivity contribution in [3.8, 4) is 10.4 Å². The highest BCUT2D eigenvalue weighted by Gasteiger charge is 2.44. The summed E-state index contributed by atoms with van der Waals surface area (Å²) in [6.07, 6.45) is -2.18. The van der Waals surface area contributed by atoms with Crippen LogP contribution < -0.4 is 16.0 Å². The van der Waals surface area contributed by atoms with Gasteiger partial charge in [-0.2, -0.15) is 0 Å². The second-order valence-corrected chi connectivity index (χ2v) is 11.4. The minimum Gasteiger partial charge on any atom is -0.465 e. The van der Waals surface area contributed by atoms with Gasteiger partial charge in [-0.25, -0.2) is 9.78 Å². The van der Waals surface area contributed by atoms with Crippen LogP contribution in [0.3, 0.4) is 0 Å². The monoisotopic (exact) mass is 545 g/mol. The predicted octanol–water partition coefficient (Wildman–Crippen LogP) is 1.88. The molecule has 0 aliphatic carbocycles. The molecule has 2 aromatic rings. The highest BCUT2D eigenvalue weighted by molar-refractivity contribution is 7.13. The number of amides is 4. The van der Waals surface area contributed by atoms with Crippen LogP contribution in [0.1, 0.15) is 45.4 Å². The Morgan fingerprint density at radius 2 is 1.82 bits per heavy atom. The summed E-state index contributed by atoms with van der Waals surface area (Å²) >= 11 is 1.56. The minimum absolute atomic E-state index is 0.0504. The summed E-state index contributed by atoms with van der Waals surface area (Å²) in [5, 5.41) is 26.7. The predicted molar refractivity (Wildman–Crippen MR) is 142 cm³/mol. The number of aliphatic hydroxyl groups excluding tert-OH is 1. The second-order valence-electron chi connectivity index (χ2n) is 10.6. The Balaban J connectivity index is 1.68. The third kappa shape index (κ3) is 7.07.